The molecular weight excluding hydrogens is 336 g/mol. The van der Waals surface area contributed by atoms with Gasteiger partial charge >= 0.3 is 0 Å². The van der Waals surface area contributed by atoms with Crippen molar-refractivity contribution in [1.82, 2.24) is 4.90 Å². The summed E-state index contributed by atoms with van der Waals surface area (Å²) in [4.78, 5) is 26.5. The SMILES string of the molecule is COc1ccc(/C=C2\SC(=O)N(C(N)c3ccccc3C)C2=O)cc1. The minimum atomic E-state index is -0.796. The van der Waals surface area contributed by atoms with Gasteiger partial charge in [0.1, 0.15) is 11.9 Å². The number of ether oxygens (including phenoxy) is 1. The Morgan fingerprint density at radius 3 is 2.44 bits per heavy atom. The molecule has 2 amide bonds. The molecule has 2 aromatic carbocycles. The lowest BCUT2D eigenvalue weighted by Gasteiger charge is -2.22. The van der Waals surface area contributed by atoms with E-state index < -0.39 is 6.17 Å². The number of nitrogens with zero attached hydrogens (tertiary/aromatic N) is 1. The molecule has 0 spiro atoms. The quantitative estimate of drug-likeness (QED) is 0.848. The van der Waals surface area contributed by atoms with E-state index in [0.717, 1.165) is 39.1 Å². The molecule has 1 saturated heterocycles. The Balaban J connectivity index is 1.86. The molecule has 1 aliphatic heterocycles. The summed E-state index contributed by atoms with van der Waals surface area (Å²) in [5.74, 6) is 0.355. The summed E-state index contributed by atoms with van der Waals surface area (Å²) in [5, 5.41) is -0.361. The highest BCUT2D eigenvalue weighted by atomic mass is 32.2. The normalized spacial score (nSPS) is 17.2. The van der Waals surface area contributed by atoms with E-state index in [0.29, 0.717) is 4.91 Å². The van der Waals surface area contributed by atoms with Gasteiger partial charge in [-0.2, -0.15) is 0 Å². The Kier molecular flexibility index (Phi) is 4.92. The number of aryl methyl sites for hydroxylation is 1. The van der Waals surface area contributed by atoms with Gasteiger partial charge in [-0.3, -0.25) is 9.59 Å². The molecule has 5 nitrogen and oxygen atoms in total. The molecule has 1 unspecified atom stereocenters. The fourth-order valence-electron chi connectivity index (χ4n) is 2.63. The van der Waals surface area contributed by atoms with Gasteiger partial charge in [0.05, 0.1) is 12.0 Å². The summed E-state index contributed by atoms with van der Waals surface area (Å²) in [7, 11) is 1.59. The first-order chi connectivity index (χ1) is 12.0. The van der Waals surface area contributed by atoms with Crippen molar-refractivity contribution >= 4 is 29.0 Å². The van der Waals surface area contributed by atoms with Gasteiger partial charge in [-0.15, -0.1) is 0 Å². The van der Waals surface area contributed by atoms with Crippen molar-refractivity contribution in [2.24, 2.45) is 5.73 Å². The van der Waals surface area contributed by atoms with Gasteiger partial charge in [0.25, 0.3) is 11.1 Å². The molecule has 0 aliphatic carbocycles. The summed E-state index contributed by atoms with van der Waals surface area (Å²) >= 11 is 0.903. The van der Waals surface area contributed by atoms with Crippen molar-refractivity contribution in [2.75, 3.05) is 7.11 Å². The van der Waals surface area contributed by atoms with Crippen molar-refractivity contribution < 1.29 is 14.3 Å². The third-order valence-electron chi connectivity index (χ3n) is 4.02. The van der Waals surface area contributed by atoms with Crippen molar-refractivity contribution in [3.05, 3.63) is 70.1 Å². The van der Waals surface area contributed by atoms with E-state index in [1.807, 2.05) is 43.3 Å². The Labute approximate surface area is 150 Å². The molecule has 0 saturated carbocycles. The van der Waals surface area contributed by atoms with Crippen LogP contribution in [-0.4, -0.2) is 23.2 Å². The zero-order chi connectivity index (χ0) is 18.0. The lowest BCUT2D eigenvalue weighted by Crippen LogP contribution is -2.38. The molecule has 2 N–H and O–H groups in total. The predicted molar refractivity (Wildman–Crippen MR) is 98.9 cm³/mol. The van der Waals surface area contributed by atoms with Gasteiger partial charge in [0, 0.05) is 0 Å². The number of imide groups is 1. The minimum Gasteiger partial charge on any atom is -0.497 e. The van der Waals surface area contributed by atoms with Crippen LogP contribution < -0.4 is 10.5 Å². The van der Waals surface area contributed by atoms with E-state index >= 15 is 0 Å². The number of hydrogen-bond acceptors (Lipinski definition) is 5. The molecule has 128 valence electrons. The van der Waals surface area contributed by atoms with Crippen LogP contribution in [0.5, 0.6) is 5.75 Å². The summed E-state index contributed by atoms with van der Waals surface area (Å²) in [6.45, 7) is 1.90. The van der Waals surface area contributed by atoms with Gasteiger partial charge in [0.2, 0.25) is 0 Å². The molecule has 1 heterocycles. The van der Waals surface area contributed by atoms with Crippen molar-refractivity contribution in [1.29, 1.82) is 0 Å². The maximum Gasteiger partial charge on any atom is 0.295 e. The van der Waals surface area contributed by atoms with Crippen LogP contribution >= 0.6 is 11.8 Å². The summed E-state index contributed by atoms with van der Waals surface area (Å²) in [6, 6.07) is 14.7. The van der Waals surface area contributed by atoms with Gasteiger partial charge in [0.15, 0.2) is 0 Å². The molecule has 1 aliphatic rings. The number of rotatable bonds is 4. The average molecular weight is 354 g/mol. The van der Waals surface area contributed by atoms with Gasteiger partial charge in [-0.1, -0.05) is 36.4 Å². The maximum absolute atomic E-state index is 12.7. The lowest BCUT2D eigenvalue weighted by molar-refractivity contribution is -0.124. The number of thioether (sulfide) groups is 1. The first-order valence-corrected chi connectivity index (χ1v) is 8.55. The molecule has 3 rings (SSSR count). The highest BCUT2D eigenvalue weighted by Gasteiger charge is 2.39. The van der Waals surface area contributed by atoms with Crippen LogP contribution in [-0.2, 0) is 4.79 Å². The summed E-state index contributed by atoms with van der Waals surface area (Å²) in [6.07, 6.45) is 0.894. The standard InChI is InChI=1S/C19H18N2O3S/c1-12-5-3-4-6-15(12)17(20)21-18(22)16(25-19(21)23)11-13-7-9-14(24-2)10-8-13/h3-11,17H,20H2,1-2H3/b16-11-. The van der Waals surface area contributed by atoms with Crippen molar-refractivity contribution in [2.45, 2.75) is 13.1 Å². The molecular formula is C19H18N2O3S. The highest BCUT2D eigenvalue weighted by molar-refractivity contribution is 8.18. The second-order valence-electron chi connectivity index (χ2n) is 5.63. The van der Waals surface area contributed by atoms with Crippen molar-refractivity contribution in [3.63, 3.8) is 0 Å². The molecule has 25 heavy (non-hydrogen) atoms. The zero-order valence-electron chi connectivity index (χ0n) is 13.9. The lowest BCUT2D eigenvalue weighted by atomic mass is 10.1. The molecule has 1 atom stereocenters. The van der Waals surface area contributed by atoms with Crippen LogP contribution in [0.2, 0.25) is 0 Å². The molecule has 2 aromatic rings. The third-order valence-corrected chi connectivity index (χ3v) is 4.91. The number of carbonyl (C=O) groups excluding carboxylic acids is 2. The smallest absolute Gasteiger partial charge is 0.295 e. The maximum atomic E-state index is 12.7. The van der Waals surface area contributed by atoms with E-state index in [4.69, 9.17) is 10.5 Å². The van der Waals surface area contributed by atoms with Crippen LogP contribution in [0.15, 0.2) is 53.4 Å². The number of carbonyl (C=O) groups is 2. The number of amides is 2. The largest absolute Gasteiger partial charge is 0.497 e. The fraction of sp³-hybridized carbons (Fsp3) is 0.158. The molecule has 0 radical (unpaired) electrons. The molecule has 1 fully saturated rings. The average Bonchev–Trinajstić information content (AvgIpc) is 2.89. The van der Waals surface area contributed by atoms with Gasteiger partial charge in [-0.25, -0.2) is 4.90 Å². The Morgan fingerprint density at radius 2 is 1.80 bits per heavy atom. The summed E-state index contributed by atoms with van der Waals surface area (Å²) < 4.78 is 5.11. The molecule has 6 heteroatoms. The number of hydrogen-bond donors (Lipinski definition) is 1. The van der Waals surface area contributed by atoms with Gasteiger partial charge in [-0.05, 0) is 53.6 Å². The zero-order valence-corrected chi connectivity index (χ0v) is 14.7. The van der Waals surface area contributed by atoms with E-state index in [1.165, 1.54) is 0 Å². The second kappa shape index (κ2) is 7.13. The van der Waals surface area contributed by atoms with E-state index in [2.05, 4.69) is 0 Å². The van der Waals surface area contributed by atoms with Crippen LogP contribution in [0.1, 0.15) is 22.9 Å². The second-order valence-corrected chi connectivity index (χ2v) is 6.62. The van der Waals surface area contributed by atoms with Crippen molar-refractivity contribution in [3.8, 4) is 5.75 Å². The Hall–Kier alpha value is -2.57. The fourth-order valence-corrected chi connectivity index (χ4v) is 3.49. The Bertz CT molecular complexity index is 846. The van der Waals surface area contributed by atoms with E-state index in [9.17, 15) is 9.59 Å². The molecule has 0 bridgehead atoms. The Morgan fingerprint density at radius 1 is 1.12 bits per heavy atom. The van der Waals surface area contributed by atoms with E-state index in [-0.39, 0.29) is 11.1 Å². The van der Waals surface area contributed by atoms with Crippen LogP contribution in [0.3, 0.4) is 0 Å². The number of nitrogens with two attached hydrogens (primary N) is 1. The first-order valence-electron chi connectivity index (χ1n) is 7.73. The van der Waals surface area contributed by atoms with Crippen LogP contribution in [0.4, 0.5) is 4.79 Å². The monoisotopic (exact) mass is 354 g/mol. The molecule has 0 aromatic heterocycles. The first kappa shape index (κ1) is 17.3. The third kappa shape index (κ3) is 3.45. The number of benzene rings is 2. The van der Waals surface area contributed by atoms with Crippen LogP contribution in [0, 0.1) is 6.92 Å². The predicted octanol–water partition coefficient (Wildman–Crippen LogP) is 3.70. The highest BCUT2D eigenvalue weighted by Crippen LogP contribution is 2.36. The van der Waals surface area contributed by atoms with E-state index in [1.54, 1.807) is 25.3 Å². The number of methoxy groups -OCH3 is 1. The van der Waals surface area contributed by atoms with Gasteiger partial charge < -0.3 is 10.5 Å². The minimum absolute atomic E-state index is 0.360. The summed E-state index contributed by atoms with van der Waals surface area (Å²) in [5.41, 5.74) is 8.72. The van der Waals surface area contributed by atoms with Crippen LogP contribution in [0.25, 0.3) is 6.08 Å². The topological polar surface area (TPSA) is 72.6 Å².